The van der Waals surface area contributed by atoms with Crippen LogP contribution >= 0.6 is 0 Å². The third-order valence-corrected chi connectivity index (χ3v) is 3.14. The van der Waals surface area contributed by atoms with Gasteiger partial charge in [-0.2, -0.15) is 8.42 Å². The van der Waals surface area contributed by atoms with Gasteiger partial charge in [-0.25, -0.2) is 9.59 Å². The Kier molecular flexibility index (Phi) is 5.00. The molecule has 0 aliphatic heterocycles. The van der Waals surface area contributed by atoms with E-state index in [1.807, 2.05) is 5.32 Å². The number of nitrogens with one attached hydrogen (secondary N) is 1. The van der Waals surface area contributed by atoms with E-state index in [0.29, 0.717) is 0 Å². The molecule has 0 spiro atoms. The highest BCUT2D eigenvalue weighted by Gasteiger charge is 2.27. The molecule has 21 heavy (non-hydrogen) atoms. The van der Waals surface area contributed by atoms with Crippen LogP contribution in [0.15, 0.2) is 24.3 Å². The normalized spacial score (nSPS) is 12.4. The second kappa shape index (κ2) is 6.33. The van der Waals surface area contributed by atoms with Gasteiger partial charge in [-0.1, -0.05) is 12.1 Å². The van der Waals surface area contributed by atoms with Gasteiger partial charge in [0.15, 0.2) is 0 Å². The summed E-state index contributed by atoms with van der Waals surface area (Å²) in [5, 5.41) is 19.6. The number of hydrogen-bond donors (Lipinski definition) is 4. The lowest BCUT2D eigenvalue weighted by Gasteiger charge is -2.13. The Morgan fingerprint density at radius 2 is 1.62 bits per heavy atom. The van der Waals surface area contributed by atoms with Crippen molar-refractivity contribution in [3.8, 4) is 0 Å². The van der Waals surface area contributed by atoms with E-state index in [1.165, 1.54) is 12.1 Å². The number of carbonyl (C=O) groups is 3. The number of amides is 1. The topological polar surface area (TPSA) is 158 Å². The highest BCUT2D eigenvalue weighted by Crippen LogP contribution is 2.09. The van der Waals surface area contributed by atoms with E-state index < -0.39 is 39.8 Å². The minimum absolute atomic E-state index is 0.327. The molecule has 1 rings (SSSR count). The first-order chi connectivity index (χ1) is 9.61. The second-order valence-electron chi connectivity index (χ2n) is 3.96. The third kappa shape index (κ3) is 4.85. The molecule has 0 radical (unpaired) electrons. The van der Waals surface area contributed by atoms with Gasteiger partial charge in [-0.3, -0.25) is 9.35 Å². The van der Waals surface area contributed by atoms with Gasteiger partial charge < -0.3 is 15.5 Å². The average molecular weight is 317 g/mol. The first kappa shape index (κ1) is 16.6. The standard InChI is InChI=1S/C11H11NO8S/c13-9(6-3-1-2-4-7(6)10(14)15)12-8(11(16)17)5-21(18,19)20/h1-4,8H,5H2,(H,12,13)(H,14,15)(H,16,17)(H,18,19,20)/t8-/m0/s1. The maximum absolute atomic E-state index is 11.9. The van der Waals surface area contributed by atoms with Gasteiger partial charge in [0.2, 0.25) is 0 Å². The molecule has 0 saturated carbocycles. The molecule has 0 aromatic heterocycles. The van der Waals surface area contributed by atoms with Crippen molar-refractivity contribution in [1.82, 2.24) is 5.32 Å². The van der Waals surface area contributed by atoms with Crippen LogP contribution in [-0.2, 0) is 14.9 Å². The molecular formula is C11H11NO8S. The van der Waals surface area contributed by atoms with Crippen LogP contribution in [0.5, 0.6) is 0 Å². The van der Waals surface area contributed by atoms with Crippen molar-refractivity contribution in [3.05, 3.63) is 35.4 Å². The fourth-order valence-electron chi connectivity index (χ4n) is 1.49. The number of rotatable bonds is 6. The van der Waals surface area contributed by atoms with Crippen molar-refractivity contribution >= 4 is 28.0 Å². The predicted molar refractivity (Wildman–Crippen MR) is 68.7 cm³/mol. The molecule has 0 fully saturated rings. The smallest absolute Gasteiger partial charge is 0.336 e. The number of carbonyl (C=O) groups excluding carboxylic acids is 1. The van der Waals surface area contributed by atoms with Crippen molar-refractivity contribution in [2.24, 2.45) is 0 Å². The summed E-state index contributed by atoms with van der Waals surface area (Å²) in [6.45, 7) is 0. The molecule has 4 N–H and O–H groups in total. The van der Waals surface area contributed by atoms with Crippen LogP contribution in [0.2, 0.25) is 0 Å². The lowest BCUT2D eigenvalue weighted by Crippen LogP contribution is -2.45. The SMILES string of the molecule is O=C(O)c1ccccc1C(=O)N[C@@H](CS(=O)(=O)O)C(=O)O. The molecule has 0 aliphatic carbocycles. The van der Waals surface area contributed by atoms with Gasteiger partial charge in [-0.15, -0.1) is 0 Å². The number of carboxylic acid groups (broad SMARTS) is 2. The number of carboxylic acids is 2. The van der Waals surface area contributed by atoms with Crippen molar-refractivity contribution in [2.45, 2.75) is 6.04 Å². The first-order valence-electron chi connectivity index (χ1n) is 5.43. The molecule has 0 unspecified atom stereocenters. The minimum Gasteiger partial charge on any atom is -0.480 e. The number of benzene rings is 1. The maximum atomic E-state index is 11.9. The van der Waals surface area contributed by atoms with Crippen molar-refractivity contribution in [3.63, 3.8) is 0 Å². The molecule has 10 heteroatoms. The lowest BCUT2D eigenvalue weighted by atomic mass is 10.1. The van der Waals surface area contributed by atoms with Crippen LogP contribution in [0, 0.1) is 0 Å². The zero-order valence-corrected chi connectivity index (χ0v) is 11.2. The molecule has 1 amide bonds. The van der Waals surface area contributed by atoms with Gasteiger partial charge in [0.05, 0.1) is 11.1 Å². The van der Waals surface area contributed by atoms with Crippen LogP contribution in [0.4, 0.5) is 0 Å². The molecule has 0 bridgehead atoms. The Bertz CT molecular complexity index is 681. The van der Waals surface area contributed by atoms with Crippen LogP contribution in [-0.4, -0.2) is 52.8 Å². The summed E-state index contributed by atoms with van der Waals surface area (Å²) in [5.41, 5.74) is -0.697. The van der Waals surface area contributed by atoms with E-state index in [0.717, 1.165) is 12.1 Å². The summed E-state index contributed by atoms with van der Waals surface area (Å²) in [5.74, 6) is -5.40. The molecule has 1 atom stereocenters. The molecule has 0 saturated heterocycles. The van der Waals surface area contributed by atoms with E-state index >= 15 is 0 Å². The summed E-state index contributed by atoms with van der Waals surface area (Å²) >= 11 is 0. The zero-order valence-electron chi connectivity index (χ0n) is 10.4. The van der Waals surface area contributed by atoms with E-state index in [1.54, 1.807) is 0 Å². The number of hydrogen-bond acceptors (Lipinski definition) is 5. The van der Waals surface area contributed by atoms with Crippen molar-refractivity contribution < 1.29 is 37.6 Å². The third-order valence-electron chi connectivity index (χ3n) is 2.38. The molecule has 1 aromatic carbocycles. The fourth-order valence-corrected chi connectivity index (χ4v) is 2.14. The molecule has 114 valence electrons. The Labute approximate surface area is 119 Å². The molecular weight excluding hydrogens is 306 g/mol. The van der Waals surface area contributed by atoms with Gasteiger partial charge in [-0.05, 0) is 12.1 Å². The van der Waals surface area contributed by atoms with Crippen molar-refractivity contribution in [1.29, 1.82) is 0 Å². The summed E-state index contributed by atoms with van der Waals surface area (Å²) in [4.78, 5) is 33.7. The van der Waals surface area contributed by atoms with Gasteiger partial charge >= 0.3 is 11.9 Å². The average Bonchev–Trinajstić information content (AvgIpc) is 2.36. The number of aromatic carboxylic acids is 1. The van der Waals surface area contributed by atoms with Crippen LogP contribution < -0.4 is 5.32 Å². The molecule has 0 aliphatic rings. The Morgan fingerprint density at radius 1 is 1.10 bits per heavy atom. The quantitative estimate of drug-likeness (QED) is 0.509. The van der Waals surface area contributed by atoms with Gasteiger partial charge in [0.25, 0.3) is 16.0 Å². The highest BCUT2D eigenvalue weighted by molar-refractivity contribution is 7.85. The van der Waals surface area contributed by atoms with Gasteiger partial charge in [0.1, 0.15) is 11.8 Å². The second-order valence-corrected chi connectivity index (χ2v) is 5.46. The van der Waals surface area contributed by atoms with E-state index in [9.17, 15) is 22.8 Å². The Hall–Kier alpha value is -2.46. The largest absolute Gasteiger partial charge is 0.480 e. The minimum atomic E-state index is -4.63. The molecule has 1 aromatic rings. The monoisotopic (exact) mass is 317 g/mol. The predicted octanol–water partition coefficient (Wildman–Crippen LogP) is -0.544. The first-order valence-corrected chi connectivity index (χ1v) is 7.04. The highest BCUT2D eigenvalue weighted by atomic mass is 32.2. The van der Waals surface area contributed by atoms with E-state index in [4.69, 9.17) is 14.8 Å². The van der Waals surface area contributed by atoms with Gasteiger partial charge in [0, 0.05) is 0 Å². The maximum Gasteiger partial charge on any atom is 0.336 e. The van der Waals surface area contributed by atoms with Crippen molar-refractivity contribution in [2.75, 3.05) is 5.75 Å². The summed E-state index contributed by atoms with van der Waals surface area (Å²) in [6.07, 6.45) is 0. The van der Waals surface area contributed by atoms with E-state index in [-0.39, 0.29) is 11.1 Å². The summed E-state index contributed by atoms with van der Waals surface area (Å²) in [6, 6.07) is 3.10. The van der Waals surface area contributed by atoms with Crippen LogP contribution in [0.3, 0.4) is 0 Å². The van der Waals surface area contributed by atoms with E-state index in [2.05, 4.69) is 0 Å². The molecule has 0 heterocycles. The zero-order chi connectivity index (χ0) is 16.2. The summed E-state index contributed by atoms with van der Waals surface area (Å²) in [7, 11) is -4.63. The Morgan fingerprint density at radius 3 is 2.05 bits per heavy atom. The summed E-state index contributed by atoms with van der Waals surface area (Å²) < 4.78 is 30.0. The fraction of sp³-hybridized carbons (Fsp3) is 0.182. The molecule has 9 nitrogen and oxygen atoms in total. The van der Waals surface area contributed by atoms with Crippen LogP contribution in [0.1, 0.15) is 20.7 Å². The van der Waals surface area contributed by atoms with Crippen LogP contribution in [0.25, 0.3) is 0 Å². The Balaban J connectivity index is 3.03. The number of aliphatic carboxylic acids is 1. The lowest BCUT2D eigenvalue weighted by molar-refractivity contribution is -0.138.